The Morgan fingerprint density at radius 1 is 1.25 bits per heavy atom. The van der Waals surface area contributed by atoms with Gasteiger partial charge in [0.15, 0.2) is 0 Å². The van der Waals surface area contributed by atoms with Crippen molar-refractivity contribution in [1.29, 1.82) is 0 Å². The highest BCUT2D eigenvalue weighted by atomic mass is 19.4. The van der Waals surface area contributed by atoms with Crippen molar-refractivity contribution in [2.45, 2.75) is 32.4 Å². The van der Waals surface area contributed by atoms with E-state index in [0.717, 1.165) is 30.5 Å². The number of nitrogens with zero attached hydrogens (tertiary/aromatic N) is 2. The van der Waals surface area contributed by atoms with Gasteiger partial charge in [0, 0.05) is 11.3 Å². The van der Waals surface area contributed by atoms with Crippen LogP contribution in [0.4, 0.5) is 19.0 Å². The molecule has 0 bridgehead atoms. The number of anilines is 1. The topological polar surface area (TPSA) is 37.8 Å². The second-order valence-electron chi connectivity index (χ2n) is 3.87. The lowest BCUT2D eigenvalue weighted by atomic mass is 10.2. The minimum atomic E-state index is -4.22. The van der Waals surface area contributed by atoms with Crippen LogP contribution in [0.25, 0.3) is 0 Å². The molecule has 0 radical (unpaired) electrons. The van der Waals surface area contributed by atoms with Crippen LogP contribution in [0, 0.1) is 6.92 Å². The molecule has 1 aromatic heterocycles. The molecule has 6 heteroatoms. The monoisotopic (exact) mass is 231 g/mol. The first kappa shape index (κ1) is 11.2. The third-order valence-electron chi connectivity index (χ3n) is 2.50. The normalized spacial score (nSPS) is 15.0. The van der Waals surface area contributed by atoms with Crippen molar-refractivity contribution in [3.63, 3.8) is 0 Å². The van der Waals surface area contributed by atoms with Gasteiger partial charge in [-0.15, -0.1) is 0 Å². The average Bonchev–Trinajstić information content (AvgIpc) is 2.60. The van der Waals surface area contributed by atoms with E-state index in [0.29, 0.717) is 11.6 Å². The van der Waals surface area contributed by atoms with E-state index in [2.05, 4.69) is 15.3 Å². The first-order chi connectivity index (χ1) is 7.46. The number of alkyl halides is 3. The summed E-state index contributed by atoms with van der Waals surface area (Å²) < 4.78 is 36.3. The molecule has 1 heterocycles. The zero-order valence-electron chi connectivity index (χ0n) is 8.86. The van der Waals surface area contributed by atoms with Crippen molar-refractivity contribution < 1.29 is 13.2 Å². The minimum Gasteiger partial charge on any atom is -0.361 e. The Morgan fingerprint density at radius 3 is 2.69 bits per heavy atom. The SMILES string of the molecule is Cc1nc2c(c(NCC(F)(F)F)n1)CCC2. The molecule has 16 heavy (non-hydrogen) atoms. The van der Waals surface area contributed by atoms with Crippen LogP contribution in [-0.4, -0.2) is 22.7 Å². The fourth-order valence-corrected chi connectivity index (χ4v) is 1.89. The summed E-state index contributed by atoms with van der Waals surface area (Å²) in [6.07, 6.45) is -1.69. The van der Waals surface area contributed by atoms with Crippen LogP contribution in [0.1, 0.15) is 23.5 Å². The lowest BCUT2D eigenvalue weighted by Gasteiger charge is -2.12. The van der Waals surface area contributed by atoms with Gasteiger partial charge < -0.3 is 5.32 Å². The molecule has 0 atom stereocenters. The van der Waals surface area contributed by atoms with Gasteiger partial charge >= 0.3 is 6.18 Å². The van der Waals surface area contributed by atoms with E-state index in [1.165, 1.54) is 0 Å². The predicted molar refractivity (Wildman–Crippen MR) is 53.3 cm³/mol. The number of aryl methyl sites for hydroxylation is 2. The highest BCUT2D eigenvalue weighted by Gasteiger charge is 2.28. The second kappa shape index (κ2) is 3.92. The van der Waals surface area contributed by atoms with E-state index < -0.39 is 12.7 Å². The van der Waals surface area contributed by atoms with Gasteiger partial charge in [0.1, 0.15) is 18.2 Å². The van der Waals surface area contributed by atoms with E-state index in [9.17, 15) is 13.2 Å². The fourth-order valence-electron chi connectivity index (χ4n) is 1.89. The van der Waals surface area contributed by atoms with Gasteiger partial charge in [-0.25, -0.2) is 9.97 Å². The summed E-state index contributed by atoms with van der Waals surface area (Å²) in [7, 11) is 0. The number of hydrogen-bond acceptors (Lipinski definition) is 3. The maximum atomic E-state index is 12.1. The molecular formula is C10H12F3N3. The van der Waals surface area contributed by atoms with E-state index in [1.54, 1.807) is 6.92 Å². The van der Waals surface area contributed by atoms with Gasteiger partial charge in [0.2, 0.25) is 0 Å². The summed E-state index contributed by atoms with van der Waals surface area (Å²) in [6.45, 7) is 0.646. The largest absolute Gasteiger partial charge is 0.405 e. The molecule has 88 valence electrons. The quantitative estimate of drug-likeness (QED) is 0.848. The molecule has 1 aliphatic rings. The maximum absolute atomic E-state index is 12.1. The van der Waals surface area contributed by atoms with Crippen LogP contribution in [0.15, 0.2) is 0 Å². The molecule has 0 spiro atoms. The lowest BCUT2D eigenvalue weighted by Crippen LogP contribution is -2.22. The molecule has 0 saturated carbocycles. The molecule has 0 unspecified atom stereocenters. The molecule has 0 saturated heterocycles. The van der Waals surface area contributed by atoms with Crippen molar-refractivity contribution in [2.75, 3.05) is 11.9 Å². The van der Waals surface area contributed by atoms with Crippen LogP contribution in [0.5, 0.6) is 0 Å². The third-order valence-corrected chi connectivity index (χ3v) is 2.50. The van der Waals surface area contributed by atoms with E-state index in [-0.39, 0.29) is 0 Å². The smallest absolute Gasteiger partial charge is 0.361 e. The highest BCUT2D eigenvalue weighted by molar-refractivity contribution is 5.48. The van der Waals surface area contributed by atoms with Crippen LogP contribution in [0.2, 0.25) is 0 Å². The zero-order chi connectivity index (χ0) is 11.8. The standard InChI is InChI=1S/C10H12F3N3/c1-6-15-8-4-2-3-7(8)9(16-6)14-5-10(11,12)13/h2-5H2,1H3,(H,14,15,16). The summed E-state index contributed by atoms with van der Waals surface area (Å²) in [6, 6.07) is 0. The summed E-state index contributed by atoms with van der Waals surface area (Å²) in [5.74, 6) is 0.864. The van der Waals surface area contributed by atoms with Crippen molar-refractivity contribution in [3.05, 3.63) is 17.1 Å². The number of aromatic nitrogens is 2. The van der Waals surface area contributed by atoms with Crippen LogP contribution < -0.4 is 5.32 Å². The Balaban J connectivity index is 2.21. The average molecular weight is 231 g/mol. The molecule has 1 aromatic rings. The highest BCUT2D eigenvalue weighted by Crippen LogP contribution is 2.27. The Morgan fingerprint density at radius 2 is 2.00 bits per heavy atom. The van der Waals surface area contributed by atoms with Crippen molar-refractivity contribution in [3.8, 4) is 0 Å². The number of fused-ring (bicyclic) bond motifs is 1. The van der Waals surface area contributed by atoms with E-state index >= 15 is 0 Å². The van der Waals surface area contributed by atoms with Gasteiger partial charge in [-0.3, -0.25) is 0 Å². The molecule has 1 N–H and O–H groups in total. The van der Waals surface area contributed by atoms with Gasteiger partial charge in [0.05, 0.1) is 0 Å². The number of rotatable bonds is 2. The van der Waals surface area contributed by atoms with Crippen molar-refractivity contribution >= 4 is 5.82 Å². The van der Waals surface area contributed by atoms with Crippen LogP contribution >= 0.6 is 0 Å². The lowest BCUT2D eigenvalue weighted by molar-refractivity contribution is -0.115. The first-order valence-corrected chi connectivity index (χ1v) is 5.13. The third kappa shape index (κ3) is 2.43. The van der Waals surface area contributed by atoms with Gasteiger partial charge in [0.25, 0.3) is 0 Å². The van der Waals surface area contributed by atoms with Crippen molar-refractivity contribution in [1.82, 2.24) is 9.97 Å². The Hall–Kier alpha value is -1.33. The molecule has 0 fully saturated rings. The van der Waals surface area contributed by atoms with Crippen molar-refractivity contribution in [2.24, 2.45) is 0 Å². The molecule has 0 amide bonds. The Labute approximate surface area is 91.1 Å². The number of halogens is 3. The fraction of sp³-hybridized carbons (Fsp3) is 0.600. The van der Waals surface area contributed by atoms with Crippen LogP contribution in [-0.2, 0) is 12.8 Å². The summed E-state index contributed by atoms with van der Waals surface area (Å²) in [4.78, 5) is 8.25. The molecule has 0 aliphatic heterocycles. The minimum absolute atomic E-state index is 0.345. The Kier molecular flexibility index (Phi) is 2.73. The molecular weight excluding hydrogens is 219 g/mol. The first-order valence-electron chi connectivity index (χ1n) is 5.13. The second-order valence-corrected chi connectivity index (χ2v) is 3.87. The van der Waals surface area contributed by atoms with E-state index in [1.807, 2.05) is 0 Å². The summed E-state index contributed by atoms with van der Waals surface area (Å²) >= 11 is 0. The molecule has 1 aliphatic carbocycles. The molecule has 0 aromatic carbocycles. The van der Waals surface area contributed by atoms with Gasteiger partial charge in [-0.2, -0.15) is 13.2 Å². The van der Waals surface area contributed by atoms with Gasteiger partial charge in [-0.1, -0.05) is 0 Å². The maximum Gasteiger partial charge on any atom is 0.405 e. The Bertz CT molecular complexity index is 401. The zero-order valence-corrected chi connectivity index (χ0v) is 8.86. The van der Waals surface area contributed by atoms with E-state index in [4.69, 9.17) is 0 Å². The predicted octanol–water partition coefficient (Wildman–Crippen LogP) is 2.25. The summed E-state index contributed by atoms with van der Waals surface area (Å²) in [5, 5.41) is 2.35. The molecule has 2 rings (SSSR count). The van der Waals surface area contributed by atoms with Gasteiger partial charge in [-0.05, 0) is 26.2 Å². The van der Waals surface area contributed by atoms with Crippen LogP contribution in [0.3, 0.4) is 0 Å². The summed E-state index contributed by atoms with van der Waals surface area (Å²) in [5.41, 5.74) is 1.73. The molecule has 3 nitrogen and oxygen atoms in total. The number of hydrogen-bond donors (Lipinski definition) is 1. The number of nitrogens with one attached hydrogen (secondary N) is 1.